The molecule has 10 heteroatoms. The summed E-state index contributed by atoms with van der Waals surface area (Å²) in [7, 11) is -3.90. The number of sulfonamides is 1. The first kappa shape index (κ1) is 23.3. The van der Waals surface area contributed by atoms with Crippen molar-refractivity contribution in [2.24, 2.45) is 0 Å². The molecule has 3 rings (SSSR count). The number of rotatable bonds is 8. The van der Waals surface area contributed by atoms with Gasteiger partial charge < -0.3 is 15.2 Å². The molecule has 168 valence electrons. The molecule has 0 bridgehead atoms. The maximum atomic E-state index is 13.7. The summed E-state index contributed by atoms with van der Waals surface area (Å²) in [6, 6.07) is 9.46. The van der Waals surface area contributed by atoms with Crippen molar-refractivity contribution < 1.29 is 31.8 Å². The smallest absolute Gasteiger partial charge is 0.254 e. The summed E-state index contributed by atoms with van der Waals surface area (Å²) in [5.41, 5.74) is -0.0458. The number of halogens is 2. The molecule has 0 radical (unpaired) electrons. The van der Waals surface area contributed by atoms with E-state index in [2.05, 4.69) is 10.0 Å². The molecule has 1 aliphatic rings. The van der Waals surface area contributed by atoms with E-state index in [0.717, 1.165) is 24.3 Å². The third-order valence-corrected chi connectivity index (χ3v) is 6.60. The van der Waals surface area contributed by atoms with Gasteiger partial charge in [-0.2, -0.15) is 0 Å². The Morgan fingerprint density at radius 2 is 1.81 bits per heavy atom. The minimum atomic E-state index is -3.90. The Hall–Kier alpha value is -2.40. The highest BCUT2D eigenvalue weighted by Gasteiger charge is 2.33. The summed E-state index contributed by atoms with van der Waals surface area (Å²) in [4.78, 5) is 12.0. The van der Waals surface area contributed by atoms with Gasteiger partial charge in [0.05, 0.1) is 35.3 Å². The van der Waals surface area contributed by atoms with Crippen LogP contribution in [0.1, 0.15) is 29.6 Å². The molecule has 7 nitrogen and oxygen atoms in total. The van der Waals surface area contributed by atoms with Gasteiger partial charge in [-0.1, -0.05) is 12.1 Å². The number of aliphatic hydroxyl groups is 1. The number of aliphatic hydroxyl groups excluding tert-OH is 1. The summed E-state index contributed by atoms with van der Waals surface area (Å²) in [5, 5.41) is 12.3. The van der Waals surface area contributed by atoms with E-state index in [1.807, 2.05) is 0 Å². The van der Waals surface area contributed by atoms with Gasteiger partial charge in [-0.05, 0) is 55.7 Å². The molecule has 1 amide bonds. The fraction of sp³-hybridized carbons (Fsp3) is 0.381. The summed E-state index contributed by atoms with van der Waals surface area (Å²) in [6.45, 7) is -0.156. The van der Waals surface area contributed by atoms with Crippen molar-refractivity contribution in [3.8, 4) is 0 Å². The molecule has 0 unspecified atom stereocenters. The highest BCUT2D eigenvalue weighted by molar-refractivity contribution is 7.89. The van der Waals surface area contributed by atoms with Crippen LogP contribution in [-0.2, 0) is 14.8 Å². The van der Waals surface area contributed by atoms with Gasteiger partial charge in [-0.25, -0.2) is 21.9 Å². The SMILES string of the molecule is O=C(NCC[C@H]1CC[C@H](NS(=O)(=O)c2ccc(F)cc2)[C@H](CO)O1)c1ccccc1F. The van der Waals surface area contributed by atoms with Gasteiger partial charge in [0.15, 0.2) is 0 Å². The van der Waals surface area contributed by atoms with E-state index in [4.69, 9.17) is 4.74 Å². The highest BCUT2D eigenvalue weighted by atomic mass is 32.2. The monoisotopic (exact) mass is 454 g/mol. The fourth-order valence-electron chi connectivity index (χ4n) is 3.45. The predicted octanol–water partition coefficient (Wildman–Crippen LogP) is 1.97. The van der Waals surface area contributed by atoms with E-state index < -0.39 is 46.3 Å². The third-order valence-electron chi connectivity index (χ3n) is 5.10. The molecule has 0 aliphatic carbocycles. The summed E-state index contributed by atoms with van der Waals surface area (Å²) in [5.74, 6) is -1.68. The Balaban J connectivity index is 1.51. The van der Waals surface area contributed by atoms with E-state index in [1.54, 1.807) is 6.07 Å². The van der Waals surface area contributed by atoms with E-state index in [0.29, 0.717) is 19.3 Å². The van der Waals surface area contributed by atoms with Gasteiger partial charge in [-0.3, -0.25) is 4.79 Å². The Labute approximate surface area is 179 Å². The van der Waals surface area contributed by atoms with Gasteiger partial charge >= 0.3 is 0 Å². The zero-order valence-corrected chi connectivity index (χ0v) is 17.4. The number of carbonyl (C=O) groups excluding carboxylic acids is 1. The summed E-state index contributed by atoms with van der Waals surface area (Å²) in [6.07, 6.45) is 0.273. The predicted molar refractivity (Wildman–Crippen MR) is 109 cm³/mol. The molecular formula is C21H24F2N2O5S. The van der Waals surface area contributed by atoms with Crippen LogP contribution in [0.5, 0.6) is 0 Å². The van der Waals surface area contributed by atoms with Gasteiger partial charge in [0, 0.05) is 6.54 Å². The highest BCUT2D eigenvalue weighted by Crippen LogP contribution is 2.23. The summed E-state index contributed by atoms with van der Waals surface area (Å²) >= 11 is 0. The van der Waals surface area contributed by atoms with Crippen molar-refractivity contribution in [3.63, 3.8) is 0 Å². The largest absolute Gasteiger partial charge is 0.394 e. The van der Waals surface area contributed by atoms with E-state index in [1.165, 1.54) is 18.2 Å². The number of benzene rings is 2. The van der Waals surface area contributed by atoms with Crippen LogP contribution in [0, 0.1) is 11.6 Å². The molecule has 2 aromatic carbocycles. The molecule has 1 aliphatic heterocycles. The molecule has 3 N–H and O–H groups in total. The minimum absolute atomic E-state index is 0.0458. The van der Waals surface area contributed by atoms with Gasteiger partial charge in [-0.15, -0.1) is 0 Å². The molecule has 2 aromatic rings. The Kier molecular flexibility index (Phi) is 7.71. The first-order chi connectivity index (χ1) is 14.8. The molecule has 0 aromatic heterocycles. The Morgan fingerprint density at radius 1 is 1.10 bits per heavy atom. The molecular weight excluding hydrogens is 430 g/mol. The molecule has 31 heavy (non-hydrogen) atoms. The molecule has 3 atom stereocenters. The Bertz CT molecular complexity index is 1000. The van der Waals surface area contributed by atoms with E-state index in [9.17, 15) is 27.1 Å². The van der Waals surface area contributed by atoms with E-state index in [-0.39, 0.29) is 23.1 Å². The lowest BCUT2D eigenvalue weighted by molar-refractivity contribution is -0.0871. The number of carbonyl (C=O) groups is 1. The average molecular weight is 454 g/mol. The third kappa shape index (κ3) is 6.07. The minimum Gasteiger partial charge on any atom is -0.394 e. The zero-order valence-electron chi connectivity index (χ0n) is 16.6. The van der Waals surface area contributed by atoms with E-state index >= 15 is 0 Å². The van der Waals surface area contributed by atoms with Gasteiger partial charge in [0.2, 0.25) is 10.0 Å². The second-order valence-electron chi connectivity index (χ2n) is 7.26. The van der Waals surface area contributed by atoms with Crippen molar-refractivity contribution in [1.82, 2.24) is 10.0 Å². The average Bonchev–Trinajstić information content (AvgIpc) is 2.75. The van der Waals surface area contributed by atoms with Crippen molar-refractivity contribution >= 4 is 15.9 Å². The second-order valence-corrected chi connectivity index (χ2v) is 8.98. The van der Waals surface area contributed by atoms with Crippen LogP contribution >= 0.6 is 0 Å². The molecule has 1 fully saturated rings. The van der Waals surface area contributed by atoms with Crippen LogP contribution in [0.15, 0.2) is 53.4 Å². The van der Waals surface area contributed by atoms with Crippen molar-refractivity contribution in [3.05, 3.63) is 65.7 Å². The fourth-order valence-corrected chi connectivity index (χ4v) is 4.75. The van der Waals surface area contributed by atoms with Crippen LogP contribution in [0.25, 0.3) is 0 Å². The number of hydrogen-bond acceptors (Lipinski definition) is 5. The van der Waals surface area contributed by atoms with Crippen LogP contribution in [-0.4, -0.2) is 50.8 Å². The van der Waals surface area contributed by atoms with Gasteiger partial charge in [0.1, 0.15) is 11.6 Å². The first-order valence-corrected chi connectivity index (χ1v) is 11.4. The normalized spacial score (nSPS) is 21.6. The van der Waals surface area contributed by atoms with Crippen molar-refractivity contribution in [1.29, 1.82) is 0 Å². The lowest BCUT2D eigenvalue weighted by Crippen LogP contribution is -2.51. The van der Waals surface area contributed by atoms with Gasteiger partial charge in [0.25, 0.3) is 5.91 Å². The summed E-state index contributed by atoms with van der Waals surface area (Å²) < 4.78 is 60.0. The lowest BCUT2D eigenvalue weighted by atomic mass is 9.98. The van der Waals surface area contributed by atoms with Crippen molar-refractivity contribution in [2.45, 2.75) is 42.4 Å². The van der Waals surface area contributed by atoms with Crippen molar-refractivity contribution in [2.75, 3.05) is 13.2 Å². The van der Waals surface area contributed by atoms with Crippen LogP contribution in [0.4, 0.5) is 8.78 Å². The van der Waals surface area contributed by atoms with Crippen LogP contribution in [0.3, 0.4) is 0 Å². The maximum absolute atomic E-state index is 13.7. The molecule has 0 spiro atoms. The molecule has 1 heterocycles. The number of amides is 1. The van der Waals surface area contributed by atoms with Crippen LogP contribution in [0.2, 0.25) is 0 Å². The number of ether oxygens (including phenoxy) is 1. The standard InChI is InChI=1S/C21H24F2N2O5S/c22-14-5-8-16(9-6-14)31(28,29)25-19-10-7-15(30-20(19)13-26)11-12-24-21(27)17-3-1-2-4-18(17)23/h1-6,8-9,15,19-20,25-26H,7,10-13H2,(H,24,27)/t15-,19+,20+/m1/s1. The molecule has 0 saturated carbocycles. The maximum Gasteiger partial charge on any atom is 0.254 e. The topological polar surface area (TPSA) is 105 Å². The quantitative estimate of drug-likeness (QED) is 0.566. The first-order valence-electron chi connectivity index (χ1n) is 9.87. The zero-order chi connectivity index (χ0) is 22.4. The number of hydrogen-bond donors (Lipinski definition) is 3. The van der Waals surface area contributed by atoms with Crippen LogP contribution < -0.4 is 10.0 Å². The Morgan fingerprint density at radius 3 is 2.48 bits per heavy atom. The number of nitrogens with one attached hydrogen (secondary N) is 2. The second kappa shape index (κ2) is 10.3. The lowest BCUT2D eigenvalue weighted by Gasteiger charge is -2.36. The molecule has 1 saturated heterocycles.